The van der Waals surface area contributed by atoms with Gasteiger partial charge in [0.25, 0.3) is 0 Å². The maximum absolute atomic E-state index is 12.6. The zero-order valence-corrected chi connectivity index (χ0v) is 12.3. The topological polar surface area (TPSA) is 53.7 Å². The van der Waals surface area contributed by atoms with Crippen molar-refractivity contribution >= 4 is 17.7 Å². The molecule has 3 rings (SSSR count). The van der Waals surface area contributed by atoms with Crippen LogP contribution < -0.4 is 4.90 Å². The Kier molecular flexibility index (Phi) is 3.23. The second-order valence-corrected chi connectivity index (χ2v) is 5.46. The van der Waals surface area contributed by atoms with Crippen LogP contribution >= 0.6 is 0 Å². The molecule has 0 saturated heterocycles. The third-order valence-corrected chi connectivity index (χ3v) is 3.70. The Morgan fingerprint density at radius 2 is 2.05 bits per heavy atom. The Hall–Kier alpha value is -1.85. The van der Waals surface area contributed by atoms with Gasteiger partial charge in [-0.15, -0.1) is 0 Å². The van der Waals surface area contributed by atoms with E-state index in [-0.39, 0.29) is 12.1 Å². The fraction of sp³-hybridized carbons (Fsp3) is 0.643. The van der Waals surface area contributed by atoms with Gasteiger partial charge in [-0.1, -0.05) is 13.8 Å². The van der Waals surface area contributed by atoms with Gasteiger partial charge in [-0.2, -0.15) is 0 Å². The van der Waals surface area contributed by atoms with Crippen molar-refractivity contribution in [2.24, 2.45) is 4.99 Å². The molecule has 0 saturated carbocycles. The number of imidazole rings is 1. The predicted molar refractivity (Wildman–Crippen MR) is 78.3 cm³/mol. The summed E-state index contributed by atoms with van der Waals surface area (Å²) in [6.45, 7) is 8.53. The zero-order valence-electron chi connectivity index (χ0n) is 12.3. The number of nitrogens with zero attached hydrogens (tertiary/aromatic N) is 5. The summed E-state index contributed by atoms with van der Waals surface area (Å²) in [7, 11) is 0. The molecular formula is C14H21N5O. The maximum atomic E-state index is 12.6. The van der Waals surface area contributed by atoms with Crippen LogP contribution in [0.3, 0.4) is 0 Å². The molecule has 2 amide bonds. The Morgan fingerprint density at radius 1 is 1.30 bits per heavy atom. The van der Waals surface area contributed by atoms with Crippen molar-refractivity contribution in [1.29, 1.82) is 0 Å². The number of hydrogen-bond donors (Lipinski definition) is 0. The van der Waals surface area contributed by atoms with Crippen LogP contribution in [0.1, 0.15) is 39.3 Å². The minimum Gasteiger partial charge on any atom is -0.326 e. The number of aliphatic imine (C=N–C) groups is 1. The number of fused-ring (bicyclic) bond motifs is 3. The van der Waals surface area contributed by atoms with Gasteiger partial charge in [0.2, 0.25) is 0 Å². The molecule has 2 aliphatic heterocycles. The summed E-state index contributed by atoms with van der Waals surface area (Å²) in [5.41, 5.74) is 1.00. The second-order valence-electron chi connectivity index (χ2n) is 5.46. The van der Waals surface area contributed by atoms with E-state index in [0.29, 0.717) is 13.1 Å². The summed E-state index contributed by atoms with van der Waals surface area (Å²) < 4.78 is 2.12. The molecule has 0 unspecified atom stereocenters. The smallest absolute Gasteiger partial charge is 0.326 e. The van der Waals surface area contributed by atoms with Gasteiger partial charge in [0, 0.05) is 13.1 Å². The number of carbonyl (C=O) groups is 1. The zero-order chi connectivity index (χ0) is 14.3. The van der Waals surface area contributed by atoms with E-state index in [1.165, 1.54) is 0 Å². The number of amides is 2. The number of hydrogen-bond acceptors (Lipinski definition) is 3. The molecule has 0 radical (unpaired) electrons. The normalized spacial score (nSPS) is 21.1. The largest absolute Gasteiger partial charge is 0.331 e. The quantitative estimate of drug-likeness (QED) is 0.845. The van der Waals surface area contributed by atoms with E-state index in [0.717, 1.165) is 36.7 Å². The third kappa shape index (κ3) is 1.82. The maximum Gasteiger partial charge on any atom is 0.331 e. The average molecular weight is 275 g/mol. The van der Waals surface area contributed by atoms with Crippen LogP contribution in [0, 0.1) is 0 Å². The molecule has 0 bridgehead atoms. The van der Waals surface area contributed by atoms with Crippen LogP contribution in [0.5, 0.6) is 0 Å². The number of urea groups is 1. The molecule has 2 aliphatic rings. The number of rotatable bonds is 4. The van der Waals surface area contributed by atoms with Crippen LogP contribution in [-0.2, 0) is 6.54 Å². The van der Waals surface area contributed by atoms with Crippen molar-refractivity contribution in [3.63, 3.8) is 0 Å². The molecule has 1 atom stereocenters. The monoisotopic (exact) mass is 275 g/mol. The fourth-order valence-corrected chi connectivity index (χ4v) is 2.90. The molecule has 0 N–H and O–H groups in total. The molecule has 1 aromatic rings. The van der Waals surface area contributed by atoms with E-state index >= 15 is 0 Å². The van der Waals surface area contributed by atoms with Crippen molar-refractivity contribution in [2.45, 2.75) is 46.2 Å². The number of carbonyl (C=O) groups excluding carboxylic acids is 1. The highest BCUT2D eigenvalue weighted by molar-refractivity contribution is 6.18. The van der Waals surface area contributed by atoms with Gasteiger partial charge in [0.1, 0.15) is 5.69 Å². The van der Waals surface area contributed by atoms with Crippen LogP contribution in [0.25, 0.3) is 0 Å². The summed E-state index contributed by atoms with van der Waals surface area (Å²) >= 11 is 0. The molecule has 108 valence electrons. The highest BCUT2D eigenvalue weighted by atomic mass is 16.2. The van der Waals surface area contributed by atoms with Crippen molar-refractivity contribution in [2.75, 3.05) is 18.0 Å². The first-order chi connectivity index (χ1) is 9.67. The van der Waals surface area contributed by atoms with Crippen LogP contribution in [-0.4, -0.2) is 45.4 Å². The Labute approximate surface area is 119 Å². The molecule has 0 aromatic carbocycles. The van der Waals surface area contributed by atoms with Gasteiger partial charge in [0.15, 0.2) is 11.7 Å². The summed E-state index contributed by atoms with van der Waals surface area (Å²) in [5.74, 6) is 1.57. The lowest BCUT2D eigenvalue weighted by molar-refractivity contribution is 0.227. The molecule has 3 heterocycles. The highest BCUT2D eigenvalue weighted by Gasteiger charge is 2.41. The van der Waals surface area contributed by atoms with Crippen LogP contribution in [0.4, 0.5) is 10.6 Å². The van der Waals surface area contributed by atoms with E-state index in [1.54, 1.807) is 9.80 Å². The molecule has 0 fully saturated rings. The van der Waals surface area contributed by atoms with Crippen LogP contribution in [0.15, 0.2) is 11.3 Å². The van der Waals surface area contributed by atoms with E-state index < -0.39 is 0 Å². The lowest BCUT2D eigenvalue weighted by atomic mass is 10.2. The molecule has 6 heteroatoms. The second kappa shape index (κ2) is 4.92. The lowest BCUT2D eigenvalue weighted by Crippen LogP contribution is -2.51. The SMILES string of the molecule is CCCN1C(=O)N2C[C@H](C)N=C2c2c1ncn2CCC. The fourth-order valence-electron chi connectivity index (χ4n) is 2.90. The molecule has 6 nitrogen and oxygen atoms in total. The van der Waals surface area contributed by atoms with Gasteiger partial charge in [-0.3, -0.25) is 14.8 Å². The summed E-state index contributed by atoms with van der Waals surface area (Å²) in [5, 5.41) is 0. The first-order valence-corrected chi connectivity index (χ1v) is 7.39. The number of aryl methyl sites for hydroxylation is 1. The van der Waals surface area contributed by atoms with Gasteiger partial charge in [-0.05, 0) is 19.8 Å². The minimum absolute atomic E-state index is 0.0178. The van der Waals surface area contributed by atoms with Crippen molar-refractivity contribution in [3.8, 4) is 0 Å². The standard InChI is InChI=1S/C14H21N5O/c1-4-6-17-9-15-12-11(17)13-16-10(3)8-19(13)14(20)18(12)7-5-2/h9-10H,4-8H2,1-3H3/t10-/m0/s1. The first-order valence-electron chi connectivity index (χ1n) is 7.39. The van der Waals surface area contributed by atoms with Crippen molar-refractivity contribution in [3.05, 3.63) is 12.0 Å². The minimum atomic E-state index is 0.0178. The van der Waals surface area contributed by atoms with Gasteiger partial charge in [0.05, 0.1) is 18.9 Å². The molecular weight excluding hydrogens is 254 g/mol. The van der Waals surface area contributed by atoms with Crippen molar-refractivity contribution in [1.82, 2.24) is 14.5 Å². The first kappa shape index (κ1) is 13.1. The molecule has 0 spiro atoms. The summed E-state index contributed by atoms with van der Waals surface area (Å²) in [6.07, 6.45) is 3.79. The van der Waals surface area contributed by atoms with E-state index in [9.17, 15) is 4.79 Å². The van der Waals surface area contributed by atoms with Gasteiger partial charge in [-0.25, -0.2) is 9.78 Å². The third-order valence-electron chi connectivity index (χ3n) is 3.70. The molecule has 1 aromatic heterocycles. The molecule has 0 aliphatic carbocycles. The predicted octanol–water partition coefficient (Wildman–Crippen LogP) is 2.09. The van der Waals surface area contributed by atoms with E-state index in [1.807, 2.05) is 13.3 Å². The number of amidine groups is 1. The van der Waals surface area contributed by atoms with E-state index in [2.05, 4.69) is 28.4 Å². The van der Waals surface area contributed by atoms with Crippen LogP contribution in [0.2, 0.25) is 0 Å². The lowest BCUT2D eigenvalue weighted by Gasteiger charge is -2.33. The van der Waals surface area contributed by atoms with Gasteiger partial charge >= 0.3 is 6.03 Å². The summed E-state index contributed by atoms with van der Waals surface area (Å²) in [4.78, 5) is 25.3. The Bertz CT molecular complexity index is 562. The Morgan fingerprint density at radius 3 is 2.75 bits per heavy atom. The summed E-state index contributed by atoms with van der Waals surface area (Å²) in [6, 6.07) is 0.178. The number of aromatic nitrogens is 2. The number of anilines is 1. The van der Waals surface area contributed by atoms with Crippen molar-refractivity contribution < 1.29 is 4.79 Å². The van der Waals surface area contributed by atoms with Gasteiger partial charge < -0.3 is 4.57 Å². The average Bonchev–Trinajstić information content (AvgIpc) is 2.99. The molecule has 20 heavy (non-hydrogen) atoms. The highest BCUT2D eigenvalue weighted by Crippen LogP contribution is 2.31. The Balaban J connectivity index is 2.11. The van der Waals surface area contributed by atoms with E-state index in [4.69, 9.17) is 0 Å².